The lowest BCUT2D eigenvalue weighted by atomic mass is 10.1. The first kappa shape index (κ1) is 24.2. The van der Waals surface area contributed by atoms with Gasteiger partial charge in [0.15, 0.2) is 6.61 Å². The highest BCUT2D eigenvalue weighted by Gasteiger charge is 2.22. The van der Waals surface area contributed by atoms with Gasteiger partial charge in [-0.25, -0.2) is 19.1 Å². The third kappa shape index (κ3) is 5.12. The molecule has 1 heterocycles. The summed E-state index contributed by atoms with van der Waals surface area (Å²) in [5.74, 6) is -2.81. The van der Waals surface area contributed by atoms with Gasteiger partial charge in [-0.2, -0.15) is 5.10 Å². The van der Waals surface area contributed by atoms with Crippen LogP contribution in [0.5, 0.6) is 0 Å². The molecule has 0 fully saturated rings. The van der Waals surface area contributed by atoms with Crippen LogP contribution in [0.25, 0.3) is 5.69 Å². The molecule has 0 bridgehead atoms. The van der Waals surface area contributed by atoms with Crippen molar-refractivity contribution in [1.82, 2.24) is 9.78 Å². The molecule has 1 N–H and O–H groups in total. The first-order valence-corrected chi connectivity index (χ1v) is 10.2. The number of para-hydroxylation sites is 1. The molecule has 1 aromatic heterocycles. The summed E-state index contributed by atoms with van der Waals surface area (Å²) >= 11 is 0. The van der Waals surface area contributed by atoms with Gasteiger partial charge in [-0.05, 0) is 44.2 Å². The zero-order valence-corrected chi connectivity index (χ0v) is 19.1. The SMILES string of the molecule is COC(=O)c1ccc(C(=O)OC)c(NC(=O)COC(=O)c2c(C)nn(-c3ccccc3)c2C)c1. The van der Waals surface area contributed by atoms with Crippen LogP contribution in [0.1, 0.15) is 42.5 Å². The largest absolute Gasteiger partial charge is 0.465 e. The number of esters is 3. The van der Waals surface area contributed by atoms with E-state index in [9.17, 15) is 19.2 Å². The van der Waals surface area contributed by atoms with E-state index in [1.807, 2.05) is 30.3 Å². The molecule has 0 saturated carbocycles. The van der Waals surface area contributed by atoms with Crippen LogP contribution in [0.15, 0.2) is 48.5 Å². The Hall–Kier alpha value is -4.47. The van der Waals surface area contributed by atoms with Crippen LogP contribution in [0.2, 0.25) is 0 Å². The van der Waals surface area contributed by atoms with Gasteiger partial charge >= 0.3 is 17.9 Å². The fraction of sp³-hybridized carbons (Fsp3) is 0.208. The molecule has 10 heteroatoms. The number of nitrogens with zero attached hydrogens (tertiary/aromatic N) is 2. The Kier molecular flexibility index (Phi) is 7.42. The molecule has 34 heavy (non-hydrogen) atoms. The summed E-state index contributed by atoms with van der Waals surface area (Å²) in [5.41, 5.74) is 2.19. The molecule has 176 valence electrons. The fourth-order valence-electron chi connectivity index (χ4n) is 3.33. The van der Waals surface area contributed by atoms with Gasteiger partial charge in [-0.3, -0.25) is 4.79 Å². The van der Waals surface area contributed by atoms with E-state index in [2.05, 4.69) is 15.2 Å². The number of amides is 1. The van der Waals surface area contributed by atoms with Gasteiger partial charge in [-0.15, -0.1) is 0 Å². The van der Waals surface area contributed by atoms with Gasteiger partial charge in [-0.1, -0.05) is 18.2 Å². The molecule has 0 saturated heterocycles. The molecular weight excluding hydrogens is 442 g/mol. The Bertz CT molecular complexity index is 1250. The number of anilines is 1. The van der Waals surface area contributed by atoms with E-state index in [4.69, 9.17) is 9.47 Å². The summed E-state index contributed by atoms with van der Waals surface area (Å²) in [4.78, 5) is 49.0. The molecule has 3 aromatic rings. The number of ether oxygens (including phenoxy) is 3. The maximum Gasteiger partial charge on any atom is 0.342 e. The Morgan fingerprint density at radius 2 is 1.59 bits per heavy atom. The van der Waals surface area contributed by atoms with E-state index < -0.39 is 30.4 Å². The number of carbonyl (C=O) groups is 4. The third-order valence-electron chi connectivity index (χ3n) is 4.95. The zero-order valence-electron chi connectivity index (χ0n) is 19.1. The number of aromatic nitrogens is 2. The number of hydrogen-bond donors (Lipinski definition) is 1. The van der Waals surface area contributed by atoms with Gasteiger partial charge in [0.25, 0.3) is 5.91 Å². The van der Waals surface area contributed by atoms with E-state index in [0.29, 0.717) is 11.4 Å². The predicted octanol–water partition coefficient (Wildman–Crippen LogP) is 2.86. The summed E-state index contributed by atoms with van der Waals surface area (Å²) in [6.07, 6.45) is 0. The molecular formula is C24H23N3O7. The van der Waals surface area contributed by atoms with Crippen LogP contribution >= 0.6 is 0 Å². The van der Waals surface area contributed by atoms with E-state index in [1.54, 1.807) is 18.5 Å². The third-order valence-corrected chi connectivity index (χ3v) is 4.95. The number of aryl methyl sites for hydroxylation is 1. The minimum Gasteiger partial charge on any atom is -0.465 e. The number of nitrogens with one attached hydrogen (secondary N) is 1. The average molecular weight is 465 g/mol. The molecule has 3 rings (SSSR count). The van der Waals surface area contributed by atoms with E-state index >= 15 is 0 Å². The normalized spacial score (nSPS) is 10.4. The van der Waals surface area contributed by atoms with Gasteiger partial charge in [0.1, 0.15) is 5.56 Å². The fourth-order valence-corrected chi connectivity index (χ4v) is 3.33. The van der Waals surface area contributed by atoms with Crippen LogP contribution in [0.4, 0.5) is 5.69 Å². The molecule has 0 atom stereocenters. The van der Waals surface area contributed by atoms with Gasteiger partial charge in [0, 0.05) is 0 Å². The highest BCUT2D eigenvalue weighted by atomic mass is 16.5. The van der Waals surface area contributed by atoms with Crippen LogP contribution in [0.3, 0.4) is 0 Å². The smallest absolute Gasteiger partial charge is 0.342 e. The maximum absolute atomic E-state index is 12.7. The standard InChI is InChI=1S/C24H23N3O7/c1-14-21(15(2)27(26-14)17-8-6-5-7-9-17)24(31)34-13-20(28)25-19-12-16(22(29)32-3)10-11-18(19)23(30)33-4/h5-12H,13H2,1-4H3,(H,25,28). The second kappa shape index (κ2) is 10.4. The predicted molar refractivity (Wildman–Crippen MR) is 121 cm³/mol. The summed E-state index contributed by atoms with van der Waals surface area (Å²) < 4.78 is 16.2. The highest BCUT2D eigenvalue weighted by molar-refractivity contribution is 6.04. The molecule has 0 aliphatic carbocycles. The zero-order chi connectivity index (χ0) is 24.8. The van der Waals surface area contributed by atoms with Gasteiger partial charge in [0.2, 0.25) is 0 Å². The lowest BCUT2D eigenvalue weighted by Crippen LogP contribution is -2.23. The molecule has 1 amide bonds. The number of benzene rings is 2. The number of carbonyl (C=O) groups excluding carboxylic acids is 4. The Labute approximate surface area is 195 Å². The molecule has 0 radical (unpaired) electrons. The molecule has 0 unspecified atom stereocenters. The summed E-state index contributed by atoms with van der Waals surface area (Å²) in [5, 5.41) is 6.86. The number of hydrogen-bond acceptors (Lipinski definition) is 8. The minimum absolute atomic E-state index is 0.0139. The van der Waals surface area contributed by atoms with Crippen molar-refractivity contribution in [3.05, 3.63) is 76.6 Å². The van der Waals surface area contributed by atoms with Crippen molar-refractivity contribution < 1.29 is 33.4 Å². The van der Waals surface area contributed by atoms with Crippen LogP contribution < -0.4 is 5.32 Å². The van der Waals surface area contributed by atoms with Crippen molar-refractivity contribution in [3.8, 4) is 5.69 Å². The number of methoxy groups -OCH3 is 2. The second-order valence-electron chi connectivity index (χ2n) is 7.16. The molecule has 0 aliphatic heterocycles. The topological polar surface area (TPSA) is 126 Å². The monoisotopic (exact) mass is 465 g/mol. The van der Waals surface area contributed by atoms with Crippen LogP contribution in [0, 0.1) is 13.8 Å². The Balaban J connectivity index is 1.75. The van der Waals surface area contributed by atoms with Crippen LogP contribution in [-0.2, 0) is 19.0 Å². The van der Waals surface area contributed by atoms with Crippen molar-refractivity contribution >= 4 is 29.5 Å². The molecule has 10 nitrogen and oxygen atoms in total. The van der Waals surface area contributed by atoms with E-state index in [1.165, 1.54) is 32.4 Å². The first-order valence-electron chi connectivity index (χ1n) is 10.2. The lowest BCUT2D eigenvalue weighted by Gasteiger charge is -2.12. The van der Waals surface area contributed by atoms with Crippen LogP contribution in [-0.4, -0.2) is 54.4 Å². The van der Waals surface area contributed by atoms with Gasteiger partial charge < -0.3 is 19.5 Å². The molecule has 0 spiro atoms. The molecule has 0 aliphatic rings. The quantitative estimate of drug-likeness (QED) is 0.417. The van der Waals surface area contributed by atoms with E-state index in [0.717, 1.165) is 5.69 Å². The Morgan fingerprint density at radius 1 is 0.912 bits per heavy atom. The van der Waals surface area contributed by atoms with Crippen molar-refractivity contribution in [2.45, 2.75) is 13.8 Å². The lowest BCUT2D eigenvalue weighted by molar-refractivity contribution is -0.119. The highest BCUT2D eigenvalue weighted by Crippen LogP contribution is 2.21. The van der Waals surface area contributed by atoms with Crippen molar-refractivity contribution in [1.29, 1.82) is 0 Å². The number of rotatable bonds is 7. The van der Waals surface area contributed by atoms with E-state index in [-0.39, 0.29) is 22.4 Å². The summed E-state index contributed by atoms with van der Waals surface area (Å²) in [7, 11) is 2.39. The van der Waals surface area contributed by atoms with Crippen molar-refractivity contribution in [3.63, 3.8) is 0 Å². The Morgan fingerprint density at radius 3 is 2.24 bits per heavy atom. The first-order chi connectivity index (χ1) is 16.3. The summed E-state index contributed by atoms with van der Waals surface area (Å²) in [6, 6.07) is 13.2. The maximum atomic E-state index is 12.7. The average Bonchev–Trinajstić information content (AvgIpc) is 3.15. The summed E-state index contributed by atoms with van der Waals surface area (Å²) in [6.45, 7) is 2.77. The van der Waals surface area contributed by atoms with Gasteiger partial charge in [0.05, 0.1) is 48.1 Å². The minimum atomic E-state index is -0.719. The molecule has 2 aromatic carbocycles. The van der Waals surface area contributed by atoms with Crippen molar-refractivity contribution in [2.75, 3.05) is 26.1 Å². The van der Waals surface area contributed by atoms with Crippen molar-refractivity contribution in [2.24, 2.45) is 0 Å². The second-order valence-corrected chi connectivity index (χ2v) is 7.16.